The van der Waals surface area contributed by atoms with Gasteiger partial charge in [-0.05, 0) is 107 Å². The highest BCUT2D eigenvalue weighted by Gasteiger charge is 2.45. The molecule has 3 aromatic rings. The number of hydrogen-bond donors (Lipinski definition) is 3. The van der Waals surface area contributed by atoms with Crippen molar-refractivity contribution >= 4 is 51.1 Å². The lowest BCUT2D eigenvalue weighted by Crippen LogP contribution is -2.55. The van der Waals surface area contributed by atoms with Crippen LogP contribution >= 0.6 is 39.1 Å². The Bertz CT molecular complexity index is 1620. The number of alkyl carbamates (subject to hydrolysis) is 1. The van der Waals surface area contributed by atoms with E-state index in [1.807, 2.05) is 30.3 Å². The summed E-state index contributed by atoms with van der Waals surface area (Å²) in [6, 6.07) is 18.5. The fourth-order valence-electron chi connectivity index (χ4n) is 6.15. The quantitative estimate of drug-likeness (QED) is 0.126. The lowest BCUT2D eigenvalue weighted by molar-refractivity contribution is -0.170. The van der Waals surface area contributed by atoms with E-state index in [0.717, 1.165) is 15.6 Å². The van der Waals surface area contributed by atoms with Crippen molar-refractivity contribution in [2.24, 2.45) is 11.8 Å². The van der Waals surface area contributed by atoms with Gasteiger partial charge in [-0.3, -0.25) is 4.79 Å². The van der Waals surface area contributed by atoms with E-state index in [1.54, 1.807) is 77.1 Å². The molecule has 0 saturated carbocycles. The molecule has 11 heteroatoms. The van der Waals surface area contributed by atoms with Gasteiger partial charge in [0.25, 0.3) is 0 Å². The third-order valence-corrected chi connectivity index (χ3v) is 9.32. The number of carbonyl (C=O) groups is 2. The molecular weight excluding hydrogens is 731 g/mol. The van der Waals surface area contributed by atoms with Crippen LogP contribution in [0.25, 0.3) is 0 Å². The first-order chi connectivity index (χ1) is 22.9. The van der Waals surface area contributed by atoms with Crippen molar-refractivity contribution in [1.82, 2.24) is 10.2 Å². The van der Waals surface area contributed by atoms with E-state index >= 15 is 0 Å². The van der Waals surface area contributed by atoms with Crippen LogP contribution in [-0.4, -0.2) is 57.2 Å². The summed E-state index contributed by atoms with van der Waals surface area (Å²) in [4.78, 5) is 29.5. The number of amides is 2. The molecule has 0 aliphatic carbocycles. The number of nitrogens with one attached hydrogen (secondary N) is 1. The summed E-state index contributed by atoms with van der Waals surface area (Å²) < 4.78 is 12.4. The Hall–Kier alpha value is -3.08. The van der Waals surface area contributed by atoms with Crippen LogP contribution in [0.2, 0.25) is 10.0 Å². The number of fused-ring (bicyclic) bond motifs is 1. The van der Waals surface area contributed by atoms with Crippen LogP contribution < -0.4 is 10.1 Å². The minimum atomic E-state index is -1.65. The number of rotatable bonds is 12. The molecule has 0 bridgehead atoms. The van der Waals surface area contributed by atoms with Crippen molar-refractivity contribution in [2.75, 3.05) is 6.61 Å². The topological polar surface area (TPSA) is 108 Å². The van der Waals surface area contributed by atoms with E-state index in [9.17, 15) is 19.8 Å². The average Bonchev–Trinajstić information content (AvgIpc) is 3.00. The van der Waals surface area contributed by atoms with Gasteiger partial charge in [-0.15, -0.1) is 6.58 Å². The summed E-state index contributed by atoms with van der Waals surface area (Å²) in [6.07, 6.45) is 0.240. The number of nitrogens with zero attached hydrogens (tertiary/aromatic N) is 1. The van der Waals surface area contributed by atoms with Crippen LogP contribution in [0.4, 0.5) is 4.79 Å². The zero-order valence-electron chi connectivity index (χ0n) is 28.5. The van der Waals surface area contributed by atoms with Crippen molar-refractivity contribution in [3.63, 3.8) is 0 Å². The van der Waals surface area contributed by atoms with Gasteiger partial charge in [0.05, 0.1) is 24.8 Å². The maximum Gasteiger partial charge on any atom is 0.407 e. The fourth-order valence-corrected chi connectivity index (χ4v) is 6.81. The molecule has 2 amide bonds. The van der Waals surface area contributed by atoms with E-state index < -0.39 is 47.4 Å². The number of hydrogen-bond acceptors (Lipinski definition) is 6. The number of aliphatic hydroxyl groups is 2. The summed E-state index contributed by atoms with van der Waals surface area (Å²) in [6.45, 7) is 12.6. The minimum absolute atomic E-state index is 0.0563. The van der Waals surface area contributed by atoms with E-state index in [1.165, 1.54) is 4.90 Å². The molecule has 1 aliphatic rings. The van der Waals surface area contributed by atoms with Crippen LogP contribution in [0.5, 0.6) is 5.75 Å². The Morgan fingerprint density at radius 1 is 1.04 bits per heavy atom. The number of carbonyl (C=O) groups excluding carboxylic acids is 2. The van der Waals surface area contributed by atoms with Crippen LogP contribution in [0, 0.1) is 11.8 Å². The number of halogens is 3. The average molecular weight is 777 g/mol. The summed E-state index contributed by atoms with van der Waals surface area (Å²) in [5.41, 5.74) is -0.137. The normalized spacial score (nSPS) is 17.9. The molecule has 8 nitrogen and oxygen atoms in total. The molecule has 3 N–H and O–H groups in total. The molecule has 4 rings (SSSR count). The molecule has 49 heavy (non-hydrogen) atoms. The molecule has 0 aromatic heterocycles. The van der Waals surface area contributed by atoms with Crippen LogP contribution in [0.3, 0.4) is 0 Å². The van der Waals surface area contributed by atoms with Gasteiger partial charge in [-0.1, -0.05) is 69.5 Å². The maximum atomic E-state index is 15.0. The molecular formula is C38H45BrCl2N2O6. The molecule has 0 spiro atoms. The standard InChI is InChI=1S/C38H45BrCl2N2O6/c1-7-25-22-48-33-16-15-29(41)21-30(33)34(25)43(38(5,6)47)35(45)26(17-24-9-8-10-28(40)18-24)20-32(44)31(42-36(46)49-37(2,3)4)19-23-11-13-27(39)14-12-23/h7-16,18,21,25-26,31-32,34,44,47H,1,17,19-20,22H2,2-6H3,(H,42,46)/t25-,26-,31+,32+,34-/m1/s1. The van der Waals surface area contributed by atoms with Crippen molar-refractivity contribution < 1.29 is 29.3 Å². The fraction of sp³-hybridized carbons (Fsp3) is 0.421. The Labute approximate surface area is 307 Å². The zero-order chi connectivity index (χ0) is 36.1. The SMILES string of the molecule is C=C[C@@H]1COc2ccc(Cl)cc2[C@@H]1N(C(=O)[C@H](Cc1cccc(Cl)c1)C[C@H](O)[C@H](Cc1ccc(Br)cc1)NC(=O)OC(C)(C)C)C(C)(C)O. The van der Waals surface area contributed by atoms with Gasteiger partial charge in [0.1, 0.15) is 17.1 Å². The zero-order valence-corrected chi connectivity index (χ0v) is 31.6. The lowest BCUT2D eigenvalue weighted by Gasteiger charge is -2.47. The maximum absolute atomic E-state index is 15.0. The molecule has 0 fully saturated rings. The van der Waals surface area contributed by atoms with Gasteiger partial charge in [-0.25, -0.2) is 4.79 Å². The van der Waals surface area contributed by atoms with Gasteiger partial charge in [-0.2, -0.15) is 0 Å². The minimum Gasteiger partial charge on any atom is -0.493 e. The molecule has 5 atom stereocenters. The van der Waals surface area contributed by atoms with E-state index in [-0.39, 0.29) is 31.8 Å². The first kappa shape index (κ1) is 38.7. The van der Waals surface area contributed by atoms with Crippen LogP contribution in [0.15, 0.2) is 83.9 Å². The number of aliphatic hydroxyl groups excluding tert-OH is 1. The van der Waals surface area contributed by atoms with E-state index in [4.69, 9.17) is 32.7 Å². The number of benzene rings is 3. The van der Waals surface area contributed by atoms with E-state index in [2.05, 4.69) is 27.8 Å². The van der Waals surface area contributed by atoms with Gasteiger partial charge in [0, 0.05) is 31.9 Å². The summed E-state index contributed by atoms with van der Waals surface area (Å²) in [7, 11) is 0. The third-order valence-electron chi connectivity index (χ3n) is 8.32. The Morgan fingerprint density at radius 3 is 2.33 bits per heavy atom. The second-order valence-corrected chi connectivity index (χ2v) is 15.7. The van der Waals surface area contributed by atoms with Gasteiger partial charge < -0.3 is 29.9 Å². The van der Waals surface area contributed by atoms with Crippen molar-refractivity contribution in [3.8, 4) is 5.75 Å². The second kappa shape index (κ2) is 16.3. The van der Waals surface area contributed by atoms with Gasteiger partial charge in [0.2, 0.25) is 5.91 Å². The second-order valence-electron chi connectivity index (χ2n) is 14.0. The van der Waals surface area contributed by atoms with Crippen LogP contribution in [-0.2, 0) is 22.4 Å². The predicted molar refractivity (Wildman–Crippen MR) is 197 cm³/mol. The monoisotopic (exact) mass is 774 g/mol. The smallest absolute Gasteiger partial charge is 0.407 e. The van der Waals surface area contributed by atoms with Crippen LogP contribution in [0.1, 0.15) is 63.8 Å². The Kier molecular flexibility index (Phi) is 12.9. The molecule has 264 valence electrons. The summed E-state index contributed by atoms with van der Waals surface area (Å²) in [5, 5.41) is 27.4. The molecule has 1 aliphatic heterocycles. The highest BCUT2D eigenvalue weighted by molar-refractivity contribution is 9.10. The number of ether oxygens (including phenoxy) is 2. The summed E-state index contributed by atoms with van der Waals surface area (Å²) in [5.74, 6) is -1.09. The summed E-state index contributed by atoms with van der Waals surface area (Å²) >= 11 is 16.2. The molecule has 0 saturated heterocycles. The largest absolute Gasteiger partial charge is 0.493 e. The van der Waals surface area contributed by atoms with E-state index in [0.29, 0.717) is 21.4 Å². The Morgan fingerprint density at radius 2 is 1.71 bits per heavy atom. The third kappa shape index (κ3) is 10.7. The first-order valence-electron chi connectivity index (χ1n) is 16.2. The van der Waals surface area contributed by atoms with Gasteiger partial charge >= 0.3 is 6.09 Å². The lowest BCUT2D eigenvalue weighted by atomic mass is 9.84. The van der Waals surface area contributed by atoms with Crippen molar-refractivity contribution in [2.45, 2.75) is 83.4 Å². The molecule has 0 unspecified atom stereocenters. The molecule has 0 radical (unpaired) electrons. The van der Waals surface area contributed by atoms with Gasteiger partial charge in [0.15, 0.2) is 0 Å². The predicted octanol–water partition coefficient (Wildman–Crippen LogP) is 8.29. The first-order valence-corrected chi connectivity index (χ1v) is 17.8. The van der Waals surface area contributed by atoms with Crippen molar-refractivity contribution in [1.29, 1.82) is 0 Å². The molecule has 1 heterocycles. The van der Waals surface area contributed by atoms with Crippen molar-refractivity contribution in [3.05, 3.63) is 111 Å². The highest BCUT2D eigenvalue weighted by atomic mass is 79.9. The Balaban J connectivity index is 1.76. The highest BCUT2D eigenvalue weighted by Crippen LogP contribution is 2.44. The molecule has 3 aromatic carbocycles.